The van der Waals surface area contributed by atoms with E-state index < -0.39 is 0 Å². The van der Waals surface area contributed by atoms with Crippen LogP contribution in [0.5, 0.6) is 0 Å². The molecule has 0 bridgehead atoms. The van der Waals surface area contributed by atoms with Crippen LogP contribution in [0.1, 0.15) is 32.4 Å². The SMILES string of the molecule is CCCc1cc(N(CC)CCC(=O)OC)ncn1. The van der Waals surface area contributed by atoms with E-state index >= 15 is 0 Å². The summed E-state index contributed by atoms with van der Waals surface area (Å²) < 4.78 is 4.64. The lowest BCUT2D eigenvalue weighted by Crippen LogP contribution is -2.27. The Morgan fingerprint density at radius 3 is 2.78 bits per heavy atom. The van der Waals surface area contributed by atoms with Crippen LogP contribution in [-0.2, 0) is 16.0 Å². The number of aromatic nitrogens is 2. The van der Waals surface area contributed by atoms with Gasteiger partial charge in [-0.1, -0.05) is 13.3 Å². The van der Waals surface area contributed by atoms with Gasteiger partial charge in [-0.3, -0.25) is 4.79 Å². The smallest absolute Gasteiger partial charge is 0.307 e. The Bertz CT molecular complexity index is 382. The van der Waals surface area contributed by atoms with Gasteiger partial charge in [0.15, 0.2) is 0 Å². The number of carbonyl (C=O) groups is 1. The number of nitrogens with zero attached hydrogens (tertiary/aromatic N) is 3. The molecule has 0 fully saturated rings. The molecular formula is C13H21N3O2. The molecule has 0 radical (unpaired) electrons. The second-order valence-corrected chi connectivity index (χ2v) is 4.02. The van der Waals surface area contributed by atoms with E-state index in [0.29, 0.717) is 13.0 Å². The van der Waals surface area contributed by atoms with E-state index in [0.717, 1.165) is 30.9 Å². The summed E-state index contributed by atoms with van der Waals surface area (Å²) in [6.07, 6.45) is 3.97. The maximum atomic E-state index is 11.2. The Morgan fingerprint density at radius 1 is 1.39 bits per heavy atom. The molecule has 100 valence electrons. The van der Waals surface area contributed by atoms with E-state index in [1.54, 1.807) is 6.33 Å². The van der Waals surface area contributed by atoms with E-state index in [9.17, 15) is 4.79 Å². The van der Waals surface area contributed by atoms with Crippen LogP contribution >= 0.6 is 0 Å². The van der Waals surface area contributed by atoms with Crippen LogP contribution < -0.4 is 4.90 Å². The van der Waals surface area contributed by atoms with Crippen LogP contribution in [0.25, 0.3) is 0 Å². The lowest BCUT2D eigenvalue weighted by Gasteiger charge is -2.21. The molecule has 0 N–H and O–H groups in total. The van der Waals surface area contributed by atoms with Gasteiger partial charge in [-0.2, -0.15) is 0 Å². The third-order valence-corrected chi connectivity index (χ3v) is 2.73. The first-order chi connectivity index (χ1) is 8.71. The zero-order chi connectivity index (χ0) is 13.4. The van der Waals surface area contributed by atoms with Crippen molar-refractivity contribution in [3.05, 3.63) is 18.1 Å². The Balaban J connectivity index is 2.68. The van der Waals surface area contributed by atoms with Crippen LogP contribution in [0.2, 0.25) is 0 Å². The topological polar surface area (TPSA) is 55.3 Å². The summed E-state index contributed by atoms with van der Waals surface area (Å²) in [6.45, 7) is 5.58. The molecule has 0 unspecified atom stereocenters. The molecule has 0 atom stereocenters. The molecule has 0 spiro atoms. The summed E-state index contributed by atoms with van der Waals surface area (Å²) in [5, 5.41) is 0. The van der Waals surface area contributed by atoms with Crippen molar-refractivity contribution < 1.29 is 9.53 Å². The fourth-order valence-corrected chi connectivity index (χ4v) is 1.71. The number of aryl methyl sites for hydroxylation is 1. The molecule has 1 heterocycles. The van der Waals surface area contributed by atoms with Gasteiger partial charge in [-0.05, 0) is 13.3 Å². The molecule has 0 saturated heterocycles. The minimum atomic E-state index is -0.198. The first kappa shape index (κ1) is 14.4. The highest BCUT2D eigenvalue weighted by Gasteiger charge is 2.09. The van der Waals surface area contributed by atoms with E-state index in [1.165, 1.54) is 7.11 Å². The Morgan fingerprint density at radius 2 is 2.17 bits per heavy atom. The summed E-state index contributed by atoms with van der Waals surface area (Å²) in [4.78, 5) is 21.7. The predicted octanol–water partition coefficient (Wildman–Crippen LogP) is 1.82. The van der Waals surface area contributed by atoms with Gasteiger partial charge in [0.05, 0.1) is 13.5 Å². The van der Waals surface area contributed by atoms with Crippen molar-refractivity contribution >= 4 is 11.8 Å². The number of hydrogen-bond donors (Lipinski definition) is 0. The molecule has 0 amide bonds. The molecule has 0 aliphatic carbocycles. The highest BCUT2D eigenvalue weighted by Crippen LogP contribution is 2.12. The second-order valence-electron chi connectivity index (χ2n) is 4.02. The average molecular weight is 251 g/mol. The van der Waals surface area contributed by atoms with Crippen molar-refractivity contribution in [2.24, 2.45) is 0 Å². The molecule has 18 heavy (non-hydrogen) atoms. The molecule has 0 aromatic carbocycles. The zero-order valence-corrected chi connectivity index (χ0v) is 11.3. The molecule has 0 saturated carbocycles. The van der Waals surface area contributed by atoms with Crippen LogP contribution in [0.3, 0.4) is 0 Å². The predicted molar refractivity (Wildman–Crippen MR) is 70.5 cm³/mol. The van der Waals surface area contributed by atoms with E-state index in [1.807, 2.05) is 13.0 Å². The molecule has 1 rings (SSSR count). The Labute approximate surface area is 108 Å². The van der Waals surface area contributed by atoms with Gasteiger partial charge >= 0.3 is 5.97 Å². The number of rotatable bonds is 7. The summed E-state index contributed by atoms with van der Waals surface area (Å²) in [7, 11) is 1.41. The van der Waals surface area contributed by atoms with Crippen molar-refractivity contribution in [1.29, 1.82) is 0 Å². The zero-order valence-electron chi connectivity index (χ0n) is 11.3. The fraction of sp³-hybridized carbons (Fsp3) is 0.615. The minimum Gasteiger partial charge on any atom is -0.469 e. The monoisotopic (exact) mass is 251 g/mol. The van der Waals surface area contributed by atoms with Crippen LogP contribution in [0.15, 0.2) is 12.4 Å². The summed E-state index contributed by atoms with van der Waals surface area (Å²) in [6, 6.07) is 1.99. The van der Waals surface area contributed by atoms with Gasteiger partial charge in [0.25, 0.3) is 0 Å². The van der Waals surface area contributed by atoms with Gasteiger partial charge in [0.2, 0.25) is 0 Å². The van der Waals surface area contributed by atoms with Crippen LogP contribution in [0, 0.1) is 0 Å². The lowest BCUT2D eigenvalue weighted by molar-refractivity contribution is -0.140. The minimum absolute atomic E-state index is 0.198. The summed E-state index contributed by atoms with van der Waals surface area (Å²) in [5.74, 6) is 0.677. The summed E-state index contributed by atoms with van der Waals surface area (Å²) in [5.41, 5.74) is 1.04. The molecule has 5 heteroatoms. The van der Waals surface area contributed by atoms with Crippen LogP contribution in [-0.4, -0.2) is 36.1 Å². The maximum Gasteiger partial charge on any atom is 0.307 e. The van der Waals surface area contributed by atoms with Gasteiger partial charge in [-0.25, -0.2) is 9.97 Å². The number of esters is 1. The Hall–Kier alpha value is -1.65. The van der Waals surface area contributed by atoms with Crippen molar-refractivity contribution in [3.63, 3.8) is 0 Å². The lowest BCUT2D eigenvalue weighted by atomic mass is 10.2. The standard InChI is InChI=1S/C13H21N3O2/c1-4-6-11-9-12(15-10-14-11)16(5-2)8-7-13(17)18-3/h9-10H,4-8H2,1-3H3. The van der Waals surface area contributed by atoms with Crippen molar-refractivity contribution in [2.75, 3.05) is 25.1 Å². The quantitative estimate of drug-likeness (QED) is 0.692. The Kier molecular flexibility index (Phi) is 6.11. The third-order valence-electron chi connectivity index (χ3n) is 2.73. The highest BCUT2D eigenvalue weighted by atomic mass is 16.5. The van der Waals surface area contributed by atoms with Gasteiger partial charge in [0, 0.05) is 24.8 Å². The molecular weight excluding hydrogens is 230 g/mol. The molecule has 5 nitrogen and oxygen atoms in total. The average Bonchev–Trinajstić information content (AvgIpc) is 2.40. The largest absolute Gasteiger partial charge is 0.469 e. The van der Waals surface area contributed by atoms with Crippen molar-refractivity contribution in [2.45, 2.75) is 33.1 Å². The van der Waals surface area contributed by atoms with Crippen LogP contribution in [0.4, 0.5) is 5.82 Å². The molecule has 1 aromatic rings. The molecule has 1 aromatic heterocycles. The van der Waals surface area contributed by atoms with E-state index in [-0.39, 0.29) is 5.97 Å². The first-order valence-corrected chi connectivity index (χ1v) is 6.33. The first-order valence-electron chi connectivity index (χ1n) is 6.33. The number of anilines is 1. The highest BCUT2D eigenvalue weighted by molar-refractivity contribution is 5.69. The number of carbonyl (C=O) groups excluding carboxylic acids is 1. The number of ether oxygens (including phenoxy) is 1. The summed E-state index contributed by atoms with van der Waals surface area (Å²) >= 11 is 0. The fourth-order valence-electron chi connectivity index (χ4n) is 1.71. The third kappa shape index (κ3) is 4.31. The van der Waals surface area contributed by atoms with E-state index in [2.05, 4.69) is 26.5 Å². The second kappa shape index (κ2) is 7.63. The number of hydrogen-bond acceptors (Lipinski definition) is 5. The van der Waals surface area contributed by atoms with E-state index in [4.69, 9.17) is 0 Å². The van der Waals surface area contributed by atoms with Crippen molar-refractivity contribution in [3.8, 4) is 0 Å². The molecule has 0 aliphatic rings. The van der Waals surface area contributed by atoms with Crippen molar-refractivity contribution in [1.82, 2.24) is 9.97 Å². The number of methoxy groups -OCH3 is 1. The van der Waals surface area contributed by atoms with Gasteiger partial charge in [0.1, 0.15) is 12.1 Å². The van der Waals surface area contributed by atoms with Gasteiger partial charge < -0.3 is 9.64 Å². The molecule has 0 aliphatic heterocycles. The van der Waals surface area contributed by atoms with Gasteiger partial charge in [-0.15, -0.1) is 0 Å². The normalized spacial score (nSPS) is 10.2. The maximum absolute atomic E-state index is 11.2.